The van der Waals surface area contributed by atoms with Crippen molar-refractivity contribution < 1.29 is 14.0 Å². The molecule has 2 aromatic heterocycles. The summed E-state index contributed by atoms with van der Waals surface area (Å²) in [5.74, 6) is -0.285. The number of nitrogens with two attached hydrogens (primary N) is 1. The number of carbonyl (C=O) groups is 2. The Balaban J connectivity index is 0.953. The quantitative estimate of drug-likeness (QED) is 0.204. The molecule has 0 radical (unpaired) electrons. The van der Waals surface area contributed by atoms with E-state index in [0.29, 0.717) is 35.6 Å². The third-order valence-corrected chi connectivity index (χ3v) is 9.20. The van der Waals surface area contributed by atoms with E-state index >= 15 is 0 Å². The van der Waals surface area contributed by atoms with Crippen molar-refractivity contribution in [1.82, 2.24) is 24.8 Å². The van der Waals surface area contributed by atoms with Gasteiger partial charge in [-0.3, -0.25) is 19.8 Å². The first kappa shape index (κ1) is 29.8. The van der Waals surface area contributed by atoms with Gasteiger partial charge >= 0.3 is 0 Å². The van der Waals surface area contributed by atoms with Crippen molar-refractivity contribution in [2.45, 2.75) is 50.7 Å². The van der Waals surface area contributed by atoms with Crippen LogP contribution in [0.4, 0.5) is 10.1 Å². The highest BCUT2D eigenvalue weighted by atomic mass is 19.1. The van der Waals surface area contributed by atoms with Crippen LogP contribution in [0.15, 0.2) is 85.3 Å². The monoisotopic (exact) mass is 617 g/mol. The zero-order valence-electron chi connectivity index (χ0n) is 25.5. The summed E-state index contributed by atoms with van der Waals surface area (Å²) < 4.78 is 16.2. The van der Waals surface area contributed by atoms with E-state index in [1.807, 2.05) is 30.5 Å². The van der Waals surface area contributed by atoms with Gasteiger partial charge < -0.3 is 11.1 Å². The van der Waals surface area contributed by atoms with Crippen LogP contribution in [0.25, 0.3) is 27.9 Å². The van der Waals surface area contributed by atoms with E-state index in [1.54, 1.807) is 10.6 Å². The fourth-order valence-corrected chi connectivity index (χ4v) is 6.54. The number of hydrogen-bond donors (Lipinski definition) is 3. The number of fused-ring (bicyclic) bond motifs is 1. The van der Waals surface area contributed by atoms with Crippen LogP contribution in [0.1, 0.15) is 48.3 Å². The van der Waals surface area contributed by atoms with E-state index in [9.17, 15) is 14.0 Å². The minimum atomic E-state index is -0.372. The molecule has 2 saturated heterocycles. The lowest BCUT2D eigenvalue weighted by Crippen LogP contribution is -2.47. The second kappa shape index (κ2) is 12.8. The molecule has 1 atom stereocenters. The maximum absolute atomic E-state index is 14.5. The summed E-state index contributed by atoms with van der Waals surface area (Å²) >= 11 is 0. The first-order valence-electron chi connectivity index (χ1n) is 15.8. The summed E-state index contributed by atoms with van der Waals surface area (Å²) in [5, 5.41) is 10.0. The summed E-state index contributed by atoms with van der Waals surface area (Å²) in [6.07, 6.45) is 6.53. The predicted octanol–water partition coefficient (Wildman–Crippen LogP) is 5.26. The summed E-state index contributed by atoms with van der Waals surface area (Å²) in [5.41, 5.74) is 13.9. The highest BCUT2D eigenvalue weighted by Crippen LogP contribution is 2.31. The summed E-state index contributed by atoms with van der Waals surface area (Å²) in [7, 11) is 0. The van der Waals surface area contributed by atoms with Crippen LogP contribution >= 0.6 is 0 Å². The molecule has 2 aliphatic rings. The number of anilines is 1. The molecule has 0 saturated carbocycles. The maximum Gasteiger partial charge on any atom is 0.249 e. The predicted molar refractivity (Wildman–Crippen MR) is 175 cm³/mol. The Morgan fingerprint density at radius 2 is 1.67 bits per heavy atom. The van der Waals surface area contributed by atoms with E-state index in [0.717, 1.165) is 54.8 Å². The molecule has 46 heavy (non-hydrogen) atoms. The van der Waals surface area contributed by atoms with Crippen LogP contribution in [-0.2, 0) is 22.7 Å². The molecule has 2 fully saturated rings. The lowest BCUT2D eigenvalue weighted by molar-refractivity contribution is -0.133. The van der Waals surface area contributed by atoms with Gasteiger partial charge in [-0.15, -0.1) is 0 Å². The van der Waals surface area contributed by atoms with Gasteiger partial charge in [-0.2, -0.15) is 5.10 Å². The largest absolute Gasteiger partial charge is 0.374 e. The number of piperidine rings is 2. The minimum absolute atomic E-state index is 0.151. The molecule has 1 unspecified atom stereocenters. The molecular weight excluding hydrogens is 581 g/mol. The lowest BCUT2D eigenvalue weighted by atomic mass is 9.89. The normalized spacial score (nSPS) is 17.7. The maximum atomic E-state index is 14.5. The fourth-order valence-electron chi connectivity index (χ4n) is 6.54. The van der Waals surface area contributed by atoms with Gasteiger partial charge in [-0.05, 0) is 79.2 Å². The SMILES string of the molecule is NCc1ccc(-c2ncnn3cc(-c4ccc(CN5CCC(c6ccc(NC7CCC(=O)NC7=O)cc6)CC5)cc4)cc23)cc1F. The number of imide groups is 1. The molecule has 4 N–H and O–H groups in total. The Hall–Kier alpha value is -4.93. The first-order valence-corrected chi connectivity index (χ1v) is 15.8. The third kappa shape index (κ3) is 6.27. The van der Waals surface area contributed by atoms with Crippen molar-refractivity contribution in [2.24, 2.45) is 5.73 Å². The number of nitrogens with one attached hydrogen (secondary N) is 2. The van der Waals surface area contributed by atoms with Gasteiger partial charge in [0.2, 0.25) is 11.8 Å². The molecule has 2 amide bonds. The third-order valence-electron chi connectivity index (χ3n) is 9.20. The Bertz CT molecular complexity index is 1880. The van der Waals surface area contributed by atoms with Crippen molar-refractivity contribution in [3.63, 3.8) is 0 Å². The van der Waals surface area contributed by atoms with Crippen molar-refractivity contribution in [3.8, 4) is 22.4 Å². The molecule has 0 spiro atoms. The van der Waals surface area contributed by atoms with Gasteiger partial charge in [-0.25, -0.2) is 13.9 Å². The van der Waals surface area contributed by atoms with E-state index in [2.05, 4.69) is 62.0 Å². The number of benzene rings is 3. The molecule has 4 heterocycles. The number of aromatic nitrogens is 3. The number of amides is 2. The smallest absolute Gasteiger partial charge is 0.249 e. The van der Waals surface area contributed by atoms with Crippen LogP contribution in [0, 0.1) is 5.82 Å². The number of rotatable bonds is 8. The molecule has 2 aliphatic heterocycles. The Morgan fingerprint density at radius 3 is 2.39 bits per heavy atom. The summed E-state index contributed by atoms with van der Waals surface area (Å²) in [6, 6.07) is 23.7. The van der Waals surface area contributed by atoms with Crippen molar-refractivity contribution in [2.75, 3.05) is 18.4 Å². The Labute approximate surface area is 266 Å². The minimum Gasteiger partial charge on any atom is -0.374 e. The average Bonchev–Trinajstić information content (AvgIpc) is 3.52. The van der Waals surface area contributed by atoms with E-state index < -0.39 is 0 Å². The molecule has 0 aliphatic carbocycles. The molecule has 10 heteroatoms. The molecule has 234 valence electrons. The number of carbonyl (C=O) groups excluding carboxylic acids is 2. The summed E-state index contributed by atoms with van der Waals surface area (Å²) in [4.78, 5) is 30.4. The lowest BCUT2D eigenvalue weighted by Gasteiger charge is -2.32. The summed E-state index contributed by atoms with van der Waals surface area (Å²) in [6.45, 7) is 3.11. The zero-order valence-corrected chi connectivity index (χ0v) is 25.5. The van der Waals surface area contributed by atoms with Crippen LogP contribution in [0.2, 0.25) is 0 Å². The number of hydrogen-bond acceptors (Lipinski definition) is 7. The van der Waals surface area contributed by atoms with Crippen molar-refractivity contribution in [3.05, 3.63) is 108 Å². The number of halogens is 1. The zero-order chi connectivity index (χ0) is 31.6. The molecule has 3 aromatic carbocycles. The standard InChI is InChI=1S/C36H36FN7O2/c37-31-17-27(5-6-28(31)19-38)35-33-18-29(21-44(33)40-22-39-35)25-3-1-23(2-4-25)20-43-15-13-26(14-16-43)24-7-9-30(10-8-24)41-32-11-12-34(45)42-36(32)46/h1-10,17-18,21-22,26,32,41H,11-16,19-20,38H2,(H,42,45,46). The Kier molecular flexibility index (Phi) is 8.30. The van der Waals surface area contributed by atoms with Crippen molar-refractivity contribution in [1.29, 1.82) is 0 Å². The van der Waals surface area contributed by atoms with E-state index in [-0.39, 0.29) is 30.2 Å². The van der Waals surface area contributed by atoms with Crippen LogP contribution < -0.4 is 16.4 Å². The molecular formula is C36H36FN7O2. The van der Waals surface area contributed by atoms with Gasteiger partial charge in [0, 0.05) is 48.1 Å². The topological polar surface area (TPSA) is 118 Å². The second-order valence-corrected chi connectivity index (χ2v) is 12.2. The van der Waals surface area contributed by atoms with Gasteiger partial charge in [0.1, 0.15) is 18.2 Å². The highest BCUT2D eigenvalue weighted by Gasteiger charge is 2.26. The Morgan fingerprint density at radius 1 is 0.913 bits per heavy atom. The average molecular weight is 618 g/mol. The second-order valence-electron chi connectivity index (χ2n) is 12.2. The van der Waals surface area contributed by atoms with Crippen LogP contribution in [0.3, 0.4) is 0 Å². The molecule has 0 bridgehead atoms. The molecule has 7 rings (SSSR count). The number of nitrogens with zero attached hydrogens (tertiary/aromatic N) is 4. The van der Waals surface area contributed by atoms with Gasteiger partial charge in [-0.1, -0.05) is 48.5 Å². The highest BCUT2D eigenvalue weighted by molar-refractivity contribution is 6.01. The van der Waals surface area contributed by atoms with E-state index in [4.69, 9.17) is 5.73 Å². The molecule has 9 nitrogen and oxygen atoms in total. The molecule has 5 aromatic rings. The van der Waals surface area contributed by atoms with Crippen molar-refractivity contribution >= 4 is 23.0 Å². The van der Waals surface area contributed by atoms with Gasteiger partial charge in [0.25, 0.3) is 0 Å². The van der Waals surface area contributed by atoms with Crippen LogP contribution in [-0.4, -0.2) is 50.4 Å². The van der Waals surface area contributed by atoms with E-state index in [1.165, 1.54) is 23.5 Å². The van der Waals surface area contributed by atoms with Gasteiger partial charge in [0.15, 0.2) is 0 Å². The first-order chi connectivity index (χ1) is 22.4. The fraction of sp³-hybridized carbons (Fsp3) is 0.278. The number of likely N-dealkylation sites (tertiary alicyclic amines) is 1. The van der Waals surface area contributed by atoms with Crippen LogP contribution in [0.5, 0.6) is 0 Å². The van der Waals surface area contributed by atoms with Gasteiger partial charge in [0.05, 0.1) is 11.2 Å².